The summed E-state index contributed by atoms with van der Waals surface area (Å²) in [6.07, 6.45) is 0.287. The molecule has 170 valence electrons. The van der Waals surface area contributed by atoms with Gasteiger partial charge >= 0.3 is 0 Å². The van der Waals surface area contributed by atoms with Crippen molar-refractivity contribution in [1.29, 1.82) is 0 Å². The Morgan fingerprint density at radius 2 is 1.70 bits per heavy atom. The van der Waals surface area contributed by atoms with Crippen molar-refractivity contribution in [3.63, 3.8) is 0 Å². The second-order valence-electron chi connectivity index (χ2n) is 8.03. The van der Waals surface area contributed by atoms with Crippen LogP contribution in [0.15, 0.2) is 72.8 Å². The van der Waals surface area contributed by atoms with Gasteiger partial charge in [-0.25, -0.2) is 0 Å². The standard InChI is InChI=1S/C26H27N3O3S/c1-28(2)21-10-12-22(13-11-21)29-25(31)17-33-26(29)19-6-8-20(9-7-19)27-24(30)16-18-4-14-23(32-3)15-5-18/h4-15,26H,16-17H2,1-3H3,(H,27,30). The third-order valence-electron chi connectivity index (χ3n) is 5.52. The van der Waals surface area contributed by atoms with Crippen LogP contribution in [0.5, 0.6) is 5.75 Å². The second kappa shape index (κ2) is 10.0. The van der Waals surface area contributed by atoms with Crippen molar-refractivity contribution in [2.45, 2.75) is 11.8 Å². The molecule has 0 bridgehead atoms. The lowest BCUT2D eigenvalue weighted by molar-refractivity contribution is -0.116. The van der Waals surface area contributed by atoms with Gasteiger partial charge in [0.2, 0.25) is 11.8 Å². The van der Waals surface area contributed by atoms with Gasteiger partial charge < -0.3 is 15.0 Å². The van der Waals surface area contributed by atoms with Gasteiger partial charge in [0.15, 0.2) is 0 Å². The number of carbonyl (C=O) groups excluding carboxylic acids is 2. The third-order valence-corrected chi connectivity index (χ3v) is 6.73. The molecule has 0 saturated carbocycles. The van der Waals surface area contributed by atoms with Gasteiger partial charge in [-0.1, -0.05) is 24.3 Å². The number of thioether (sulfide) groups is 1. The summed E-state index contributed by atoms with van der Waals surface area (Å²) in [4.78, 5) is 28.9. The Kier molecular flexibility index (Phi) is 6.89. The number of hydrogen-bond donors (Lipinski definition) is 1. The van der Waals surface area contributed by atoms with Crippen molar-refractivity contribution < 1.29 is 14.3 Å². The summed E-state index contributed by atoms with van der Waals surface area (Å²) >= 11 is 1.61. The van der Waals surface area contributed by atoms with E-state index in [9.17, 15) is 9.59 Å². The van der Waals surface area contributed by atoms with Crippen molar-refractivity contribution in [2.75, 3.05) is 42.1 Å². The van der Waals surface area contributed by atoms with E-state index >= 15 is 0 Å². The van der Waals surface area contributed by atoms with Crippen LogP contribution in [0.2, 0.25) is 0 Å². The summed E-state index contributed by atoms with van der Waals surface area (Å²) in [6, 6.07) is 23.2. The Bertz CT molecular complexity index is 1110. The second-order valence-corrected chi connectivity index (χ2v) is 9.10. The number of carbonyl (C=O) groups is 2. The molecule has 1 N–H and O–H groups in total. The summed E-state index contributed by atoms with van der Waals surface area (Å²) in [5, 5.41) is 2.85. The van der Waals surface area contributed by atoms with Crippen molar-refractivity contribution in [2.24, 2.45) is 0 Å². The molecule has 3 aromatic rings. The minimum atomic E-state index is -0.0910. The minimum Gasteiger partial charge on any atom is -0.497 e. The third kappa shape index (κ3) is 5.31. The Hall–Kier alpha value is -3.45. The van der Waals surface area contributed by atoms with Gasteiger partial charge in [-0.15, -0.1) is 11.8 Å². The summed E-state index contributed by atoms with van der Waals surface area (Å²) in [6.45, 7) is 0. The van der Waals surface area contributed by atoms with Crippen LogP contribution in [-0.2, 0) is 16.0 Å². The summed E-state index contributed by atoms with van der Waals surface area (Å²) in [5.74, 6) is 1.22. The molecule has 4 rings (SSSR count). The predicted octanol–water partition coefficient (Wildman–Crippen LogP) is 4.72. The van der Waals surface area contributed by atoms with Gasteiger partial charge in [-0.2, -0.15) is 0 Å². The van der Waals surface area contributed by atoms with Crippen LogP contribution in [0.4, 0.5) is 17.1 Å². The van der Waals surface area contributed by atoms with E-state index in [0.717, 1.165) is 33.9 Å². The van der Waals surface area contributed by atoms with Crippen molar-refractivity contribution in [3.8, 4) is 5.75 Å². The molecule has 7 heteroatoms. The van der Waals surface area contributed by atoms with Crippen molar-refractivity contribution in [3.05, 3.63) is 83.9 Å². The highest BCUT2D eigenvalue weighted by atomic mass is 32.2. The summed E-state index contributed by atoms with van der Waals surface area (Å²) < 4.78 is 5.15. The average Bonchev–Trinajstić information content (AvgIpc) is 3.21. The van der Waals surface area contributed by atoms with Gasteiger partial charge in [0, 0.05) is 31.2 Å². The summed E-state index contributed by atoms with van der Waals surface area (Å²) in [7, 11) is 5.60. The number of amides is 2. The molecule has 1 unspecified atom stereocenters. The fraction of sp³-hybridized carbons (Fsp3) is 0.231. The maximum atomic E-state index is 12.6. The van der Waals surface area contributed by atoms with E-state index in [1.54, 1.807) is 18.9 Å². The molecule has 0 aromatic heterocycles. The van der Waals surface area contributed by atoms with E-state index in [1.165, 1.54) is 0 Å². The highest BCUT2D eigenvalue weighted by Gasteiger charge is 2.34. The molecule has 33 heavy (non-hydrogen) atoms. The van der Waals surface area contributed by atoms with E-state index in [4.69, 9.17) is 4.74 Å². The lowest BCUT2D eigenvalue weighted by Gasteiger charge is -2.25. The van der Waals surface area contributed by atoms with Gasteiger partial charge in [-0.05, 0) is 59.7 Å². The minimum absolute atomic E-state index is 0.0825. The molecule has 1 aliphatic heterocycles. The van der Waals surface area contributed by atoms with Gasteiger partial charge in [0.25, 0.3) is 0 Å². The quantitative estimate of drug-likeness (QED) is 0.552. The zero-order valence-corrected chi connectivity index (χ0v) is 19.8. The summed E-state index contributed by atoms with van der Waals surface area (Å²) in [5.41, 5.74) is 4.65. The normalized spacial score (nSPS) is 15.4. The van der Waals surface area contributed by atoms with Gasteiger partial charge in [-0.3, -0.25) is 14.5 Å². The lowest BCUT2D eigenvalue weighted by Crippen LogP contribution is -2.27. The predicted molar refractivity (Wildman–Crippen MR) is 135 cm³/mol. The van der Waals surface area contributed by atoms with Gasteiger partial charge in [0.05, 0.1) is 19.3 Å². The SMILES string of the molecule is COc1ccc(CC(=O)Nc2ccc(C3SCC(=O)N3c3ccc(N(C)C)cc3)cc2)cc1. The van der Waals surface area contributed by atoms with Crippen LogP contribution in [0, 0.1) is 0 Å². The number of hydrogen-bond acceptors (Lipinski definition) is 5. The van der Waals surface area contributed by atoms with E-state index in [2.05, 4.69) is 5.32 Å². The maximum absolute atomic E-state index is 12.6. The van der Waals surface area contributed by atoms with Crippen LogP contribution in [0.25, 0.3) is 0 Å². The number of ether oxygens (including phenoxy) is 1. The zero-order valence-electron chi connectivity index (χ0n) is 18.9. The number of nitrogens with one attached hydrogen (secondary N) is 1. The fourth-order valence-corrected chi connectivity index (χ4v) is 4.90. The van der Waals surface area contributed by atoms with E-state index in [1.807, 2.05) is 96.7 Å². The number of rotatable bonds is 7. The maximum Gasteiger partial charge on any atom is 0.238 e. The molecule has 1 heterocycles. The molecular formula is C26H27N3O3S. The number of methoxy groups -OCH3 is 1. The molecule has 1 atom stereocenters. The number of benzene rings is 3. The highest BCUT2D eigenvalue weighted by molar-refractivity contribution is 8.00. The molecular weight excluding hydrogens is 434 g/mol. The average molecular weight is 462 g/mol. The first kappa shape index (κ1) is 22.7. The van der Waals surface area contributed by atoms with Crippen molar-refractivity contribution >= 4 is 40.6 Å². The molecule has 3 aromatic carbocycles. The molecule has 0 spiro atoms. The van der Waals surface area contributed by atoms with Crippen LogP contribution < -0.4 is 19.9 Å². The Labute approximate surface area is 198 Å². The molecule has 1 saturated heterocycles. The molecule has 1 aliphatic rings. The van der Waals surface area contributed by atoms with E-state index < -0.39 is 0 Å². The Morgan fingerprint density at radius 1 is 1.03 bits per heavy atom. The first-order chi connectivity index (χ1) is 15.9. The molecule has 0 radical (unpaired) electrons. The van der Waals surface area contributed by atoms with Crippen LogP contribution >= 0.6 is 11.8 Å². The molecule has 0 aliphatic carbocycles. The molecule has 2 amide bonds. The van der Waals surface area contributed by atoms with E-state index in [0.29, 0.717) is 5.75 Å². The Balaban J connectivity index is 1.43. The molecule has 1 fully saturated rings. The van der Waals surface area contributed by atoms with Crippen LogP contribution in [0.1, 0.15) is 16.5 Å². The molecule has 6 nitrogen and oxygen atoms in total. The number of anilines is 3. The smallest absolute Gasteiger partial charge is 0.238 e. The van der Waals surface area contributed by atoms with Crippen LogP contribution in [0.3, 0.4) is 0 Å². The van der Waals surface area contributed by atoms with E-state index in [-0.39, 0.29) is 23.6 Å². The monoisotopic (exact) mass is 461 g/mol. The van der Waals surface area contributed by atoms with Crippen molar-refractivity contribution in [1.82, 2.24) is 0 Å². The first-order valence-corrected chi connectivity index (χ1v) is 11.7. The van der Waals surface area contributed by atoms with Gasteiger partial charge in [0.1, 0.15) is 11.1 Å². The highest BCUT2D eigenvalue weighted by Crippen LogP contribution is 2.42. The lowest BCUT2D eigenvalue weighted by atomic mass is 10.1. The fourth-order valence-electron chi connectivity index (χ4n) is 3.73. The zero-order chi connectivity index (χ0) is 23.4. The largest absolute Gasteiger partial charge is 0.497 e. The number of nitrogens with zero attached hydrogens (tertiary/aromatic N) is 2. The topological polar surface area (TPSA) is 61.9 Å². The Morgan fingerprint density at radius 3 is 2.30 bits per heavy atom. The van der Waals surface area contributed by atoms with Crippen LogP contribution in [-0.4, -0.2) is 38.8 Å². The first-order valence-electron chi connectivity index (χ1n) is 10.7.